The van der Waals surface area contributed by atoms with Gasteiger partial charge in [-0.3, -0.25) is 10.1 Å². The summed E-state index contributed by atoms with van der Waals surface area (Å²) in [4.78, 5) is 10.7. The van der Waals surface area contributed by atoms with Crippen molar-refractivity contribution in [2.75, 3.05) is 0 Å². The van der Waals surface area contributed by atoms with E-state index in [1.54, 1.807) is 36.4 Å². The number of aromatic nitrogens is 1. The number of phenolic OH excluding ortho intramolecular Hbond substituents is 1. The van der Waals surface area contributed by atoms with Gasteiger partial charge in [-0.2, -0.15) is 0 Å². The van der Waals surface area contributed by atoms with Crippen molar-refractivity contribution in [1.82, 2.24) is 0 Å². The van der Waals surface area contributed by atoms with Gasteiger partial charge in [-0.1, -0.05) is 36.4 Å². The van der Waals surface area contributed by atoms with E-state index in [9.17, 15) is 15.2 Å². The minimum absolute atomic E-state index is 0.128. The highest BCUT2D eigenvalue weighted by Gasteiger charge is 2.15. The molecule has 0 bridgehead atoms. The lowest BCUT2D eigenvalue weighted by atomic mass is 10.1. The second kappa shape index (κ2) is 7.40. The fraction of sp³-hybridized carbons (Fsp3) is 0.0500. The van der Waals surface area contributed by atoms with E-state index in [0.29, 0.717) is 12.1 Å². The second-order valence-corrected chi connectivity index (χ2v) is 5.62. The largest absolute Gasteiger partial charge is 0.508 e. The molecule has 0 spiro atoms. The molecule has 0 saturated carbocycles. The van der Waals surface area contributed by atoms with Gasteiger partial charge in [0.15, 0.2) is 18.9 Å². The Hall–Kier alpha value is -3.47. The summed E-state index contributed by atoms with van der Waals surface area (Å²) >= 11 is 0. The van der Waals surface area contributed by atoms with Gasteiger partial charge in [0.2, 0.25) is 0 Å². The van der Waals surface area contributed by atoms with Gasteiger partial charge in [0, 0.05) is 18.2 Å². The van der Waals surface area contributed by atoms with Gasteiger partial charge in [0.05, 0.1) is 10.5 Å². The maximum Gasteiger partial charge on any atom is 0.278 e. The summed E-state index contributed by atoms with van der Waals surface area (Å²) in [5.74, 6) is 0.234. The predicted molar refractivity (Wildman–Crippen MR) is 95.9 cm³/mol. The molecule has 0 radical (unpaired) electrons. The van der Waals surface area contributed by atoms with Crippen molar-refractivity contribution in [2.45, 2.75) is 6.54 Å². The van der Waals surface area contributed by atoms with Crippen LogP contribution in [0.5, 0.6) is 5.75 Å². The first-order valence-corrected chi connectivity index (χ1v) is 7.80. The number of phenols is 1. The van der Waals surface area contributed by atoms with Crippen LogP contribution in [0.1, 0.15) is 16.7 Å². The molecule has 3 aromatic rings. The van der Waals surface area contributed by atoms with Gasteiger partial charge in [-0.15, -0.1) is 0 Å². The fourth-order valence-electron chi connectivity index (χ4n) is 2.53. The molecule has 3 rings (SSSR count). The Balaban J connectivity index is 1.74. The van der Waals surface area contributed by atoms with Gasteiger partial charge >= 0.3 is 0 Å². The molecule has 0 saturated heterocycles. The van der Waals surface area contributed by atoms with E-state index in [0.717, 1.165) is 11.1 Å². The quantitative estimate of drug-likeness (QED) is 0.439. The number of benzene rings is 2. The zero-order chi connectivity index (χ0) is 17.6. The first-order chi connectivity index (χ1) is 12.1. The Kier molecular flexibility index (Phi) is 4.85. The summed E-state index contributed by atoms with van der Waals surface area (Å²) < 4.78 is 1.90. The summed E-state index contributed by atoms with van der Waals surface area (Å²) in [6.07, 6.45) is 7.64. The molecule has 1 aromatic heterocycles. The molecular formula is C20H17N2O3+. The van der Waals surface area contributed by atoms with Crippen molar-refractivity contribution in [3.8, 4) is 5.75 Å². The van der Waals surface area contributed by atoms with Crippen LogP contribution in [0.15, 0.2) is 73.1 Å². The van der Waals surface area contributed by atoms with Crippen molar-refractivity contribution in [2.24, 2.45) is 0 Å². The summed E-state index contributed by atoms with van der Waals surface area (Å²) in [6.45, 7) is 0.438. The van der Waals surface area contributed by atoms with Crippen LogP contribution in [-0.2, 0) is 6.54 Å². The monoisotopic (exact) mass is 333 g/mol. The van der Waals surface area contributed by atoms with Gasteiger partial charge in [-0.05, 0) is 29.3 Å². The normalized spacial score (nSPS) is 10.9. The second-order valence-electron chi connectivity index (χ2n) is 5.62. The summed E-state index contributed by atoms with van der Waals surface area (Å²) in [5.41, 5.74) is 2.71. The first kappa shape index (κ1) is 16.4. The average Bonchev–Trinajstić information content (AvgIpc) is 2.61. The average molecular weight is 333 g/mol. The zero-order valence-corrected chi connectivity index (χ0v) is 13.4. The third-order valence-electron chi connectivity index (χ3n) is 3.80. The maximum absolute atomic E-state index is 11.1. The molecule has 5 nitrogen and oxygen atoms in total. The third-order valence-corrected chi connectivity index (χ3v) is 3.80. The lowest BCUT2D eigenvalue weighted by Gasteiger charge is -2.00. The molecule has 0 aliphatic rings. The summed E-state index contributed by atoms with van der Waals surface area (Å²) in [6, 6.07) is 17.6. The third kappa shape index (κ3) is 4.29. The highest BCUT2D eigenvalue weighted by atomic mass is 16.6. The van der Waals surface area contributed by atoms with Crippen LogP contribution >= 0.6 is 0 Å². The Morgan fingerprint density at radius 3 is 2.40 bits per heavy atom. The molecule has 1 N–H and O–H groups in total. The molecule has 0 amide bonds. The number of aromatic hydroxyl groups is 1. The first-order valence-electron chi connectivity index (χ1n) is 7.80. The molecule has 1 heterocycles. The van der Waals surface area contributed by atoms with Gasteiger partial charge in [0.25, 0.3) is 5.69 Å². The summed E-state index contributed by atoms with van der Waals surface area (Å²) in [5, 5.41) is 20.5. The van der Waals surface area contributed by atoms with Crippen LogP contribution < -0.4 is 4.57 Å². The number of rotatable bonds is 5. The number of pyridine rings is 1. The number of nitro groups is 1. The van der Waals surface area contributed by atoms with E-state index in [2.05, 4.69) is 0 Å². The Morgan fingerprint density at radius 2 is 1.68 bits per heavy atom. The fourth-order valence-corrected chi connectivity index (χ4v) is 2.53. The molecular weight excluding hydrogens is 316 g/mol. The van der Waals surface area contributed by atoms with Crippen LogP contribution in [0.3, 0.4) is 0 Å². The predicted octanol–water partition coefficient (Wildman–Crippen LogP) is 3.81. The smallest absolute Gasteiger partial charge is 0.278 e. The van der Waals surface area contributed by atoms with Gasteiger partial charge < -0.3 is 5.11 Å². The van der Waals surface area contributed by atoms with E-state index in [4.69, 9.17) is 0 Å². The summed E-state index contributed by atoms with van der Waals surface area (Å²) in [7, 11) is 0. The van der Waals surface area contributed by atoms with Crippen molar-refractivity contribution < 1.29 is 14.6 Å². The topological polar surface area (TPSA) is 67.2 Å². The molecule has 0 aliphatic carbocycles. The van der Waals surface area contributed by atoms with Crippen LogP contribution in [0.2, 0.25) is 0 Å². The molecule has 2 aromatic carbocycles. The zero-order valence-electron chi connectivity index (χ0n) is 13.4. The van der Waals surface area contributed by atoms with Crippen LogP contribution in [0.4, 0.5) is 5.69 Å². The molecule has 0 aliphatic heterocycles. The highest BCUT2D eigenvalue weighted by Crippen LogP contribution is 2.17. The number of hydrogen-bond acceptors (Lipinski definition) is 3. The number of para-hydroxylation sites is 1. The molecule has 25 heavy (non-hydrogen) atoms. The minimum atomic E-state index is -0.359. The van der Waals surface area contributed by atoms with Gasteiger partial charge in [-0.25, -0.2) is 4.57 Å². The number of nitrogens with zero attached hydrogens (tertiary/aromatic N) is 2. The molecule has 124 valence electrons. The minimum Gasteiger partial charge on any atom is -0.508 e. The van der Waals surface area contributed by atoms with E-state index in [-0.39, 0.29) is 16.4 Å². The van der Waals surface area contributed by atoms with Crippen LogP contribution in [0.25, 0.3) is 12.2 Å². The van der Waals surface area contributed by atoms with E-state index in [1.807, 2.05) is 47.3 Å². The van der Waals surface area contributed by atoms with Gasteiger partial charge in [0.1, 0.15) is 5.75 Å². The molecule has 0 atom stereocenters. The number of nitro benzene ring substituents is 1. The lowest BCUT2D eigenvalue weighted by molar-refractivity contribution is -0.688. The van der Waals surface area contributed by atoms with Crippen LogP contribution in [0, 0.1) is 10.1 Å². The molecule has 0 unspecified atom stereocenters. The van der Waals surface area contributed by atoms with Crippen molar-refractivity contribution >= 4 is 17.8 Å². The van der Waals surface area contributed by atoms with E-state index < -0.39 is 0 Å². The Labute approximate surface area is 145 Å². The highest BCUT2D eigenvalue weighted by molar-refractivity contribution is 5.69. The van der Waals surface area contributed by atoms with E-state index >= 15 is 0 Å². The Bertz CT molecular complexity index is 918. The van der Waals surface area contributed by atoms with E-state index in [1.165, 1.54) is 6.07 Å². The standard InChI is InChI=1S/C20H16N2O3/c23-19-6-3-4-17(14-19)9-8-16-10-12-21(13-11-16)15-18-5-1-2-7-20(18)22(24)25/h1-14H,15H2/p+1/b9-8+. The maximum atomic E-state index is 11.1. The van der Waals surface area contributed by atoms with Crippen molar-refractivity contribution in [3.63, 3.8) is 0 Å². The van der Waals surface area contributed by atoms with Crippen LogP contribution in [-0.4, -0.2) is 10.0 Å². The van der Waals surface area contributed by atoms with Crippen molar-refractivity contribution in [1.29, 1.82) is 0 Å². The molecule has 0 fully saturated rings. The number of hydrogen-bond donors (Lipinski definition) is 1. The Morgan fingerprint density at radius 1 is 0.960 bits per heavy atom. The SMILES string of the molecule is O=[N+]([O-])c1ccccc1C[n+]1ccc(/C=C/c2cccc(O)c2)cc1. The van der Waals surface area contributed by atoms with Crippen molar-refractivity contribution in [3.05, 3.63) is 99.9 Å². The molecule has 5 heteroatoms. The lowest BCUT2D eigenvalue weighted by Crippen LogP contribution is -2.33.